The Morgan fingerprint density at radius 2 is 1.89 bits per heavy atom. The number of piperidine rings is 1. The number of amides is 1. The molecule has 2 aromatic rings. The lowest BCUT2D eigenvalue weighted by Crippen LogP contribution is -2.39. The summed E-state index contributed by atoms with van der Waals surface area (Å²) in [7, 11) is 0. The Kier molecular flexibility index (Phi) is 7.78. The predicted octanol–water partition coefficient (Wildman–Crippen LogP) is 4.73. The molecule has 0 saturated carbocycles. The Morgan fingerprint density at radius 3 is 2.51 bits per heavy atom. The third-order valence-electron chi connectivity index (χ3n) is 6.86. The van der Waals surface area contributed by atoms with Gasteiger partial charge in [0.15, 0.2) is 0 Å². The van der Waals surface area contributed by atoms with Crippen LogP contribution in [0.3, 0.4) is 0 Å². The number of pyridine rings is 1. The van der Waals surface area contributed by atoms with E-state index in [0.717, 1.165) is 49.3 Å². The number of thiocarbonyl (C=S) groups is 1. The normalized spacial score (nSPS) is 17.9. The number of carbonyl (C=O) groups is 1. The van der Waals surface area contributed by atoms with Crippen molar-refractivity contribution < 1.29 is 4.79 Å². The van der Waals surface area contributed by atoms with Crippen LogP contribution in [0.25, 0.3) is 6.08 Å². The number of nitriles is 1. The molecular formula is C27H30N4O2S2. The SMILES string of the molecule is CCn1c(N2CCC(C)CC2)c(/C=C2\SC(=S)N(CCc3ccccc3)C2=O)c(C)c(C#N)c1=O. The molecule has 1 aromatic heterocycles. The first-order chi connectivity index (χ1) is 16.8. The van der Waals surface area contributed by atoms with Gasteiger partial charge < -0.3 is 4.90 Å². The third kappa shape index (κ3) is 5.07. The Bertz CT molecular complexity index is 1270. The summed E-state index contributed by atoms with van der Waals surface area (Å²) in [4.78, 5) is 30.9. The Hall–Kier alpha value is -2.89. The highest BCUT2D eigenvalue weighted by Crippen LogP contribution is 2.36. The van der Waals surface area contributed by atoms with Crippen molar-refractivity contribution in [1.82, 2.24) is 9.47 Å². The van der Waals surface area contributed by atoms with Gasteiger partial charge in [-0.2, -0.15) is 5.26 Å². The molecule has 6 nitrogen and oxygen atoms in total. The van der Waals surface area contributed by atoms with Gasteiger partial charge in [-0.3, -0.25) is 19.1 Å². The van der Waals surface area contributed by atoms with E-state index in [9.17, 15) is 14.9 Å². The van der Waals surface area contributed by atoms with Gasteiger partial charge in [0.05, 0.1) is 4.91 Å². The van der Waals surface area contributed by atoms with Crippen LogP contribution < -0.4 is 10.5 Å². The first-order valence-corrected chi connectivity index (χ1v) is 13.3. The lowest BCUT2D eigenvalue weighted by Gasteiger charge is -2.35. The molecule has 0 spiro atoms. The molecule has 8 heteroatoms. The maximum atomic E-state index is 13.4. The number of aromatic nitrogens is 1. The molecule has 2 aliphatic rings. The van der Waals surface area contributed by atoms with Crippen molar-refractivity contribution in [3.63, 3.8) is 0 Å². The Balaban J connectivity index is 1.74. The zero-order valence-corrected chi connectivity index (χ0v) is 22.0. The van der Waals surface area contributed by atoms with Crippen molar-refractivity contribution in [2.24, 2.45) is 5.92 Å². The van der Waals surface area contributed by atoms with Gasteiger partial charge in [-0.1, -0.05) is 61.2 Å². The number of anilines is 1. The summed E-state index contributed by atoms with van der Waals surface area (Å²) in [5.74, 6) is 1.31. The van der Waals surface area contributed by atoms with E-state index in [0.29, 0.717) is 33.8 Å². The summed E-state index contributed by atoms with van der Waals surface area (Å²) in [6.45, 7) is 8.61. The fraction of sp³-hybridized carbons (Fsp3) is 0.407. The minimum Gasteiger partial charge on any atom is -0.357 e. The fourth-order valence-electron chi connectivity index (χ4n) is 4.71. The fourth-order valence-corrected chi connectivity index (χ4v) is 6.00. The molecule has 0 N–H and O–H groups in total. The van der Waals surface area contributed by atoms with Crippen molar-refractivity contribution >= 4 is 46.1 Å². The van der Waals surface area contributed by atoms with Gasteiger partial charge in [0.25, 0.3) is 11.5 Å². The van der Waals surface area contributed by atoms with Crippen molar-refractivity contribution in [2.45, 2.75) is 46.6 Å². The van der Waals surface area contributed by atoms with Gasteiger partial charge in [0.2, 0.25) is 0 Å². The average Bonchev–Trinajstić information content (AvgIpc) is 3.12. The standard InChI is InChI=1S/C27H30N4O2S2/c1-4-30-24(29-13-10-18(2)11-14-29)21(19(3)22(17-28)25(30)32)16-23-26(33)31(27(34)35-23)15-12-20-8-6-5-7-9-20/h5-9,16,18H,4,10-15H2,1-3H3/b23-16-. The molecule has 2 saturated heterocycles. The van der Waals surface area contributed by atoms with E-state index in [4.69, 9.17) is 12.2 Å². The van der Waals surface area contributed by atoms with Crippen LogP contribution in [-0.2, 0) is 17.8 Å². The van der Waals surface area contributed by atoms with E-state index in [2.05, 4.69) is 17.9 Å². The summed E-state index contributed by atoms with van der Waals surface area (Å²) in [5, 5.41) is 9.76. The number of nitrogens with zero attached hydrogens (tertiary/aromatic N) is 4. The van der Waals surface area contributed by atoms with Crippen LogP contribution >= 0.6 is 24.0 Å². The van der Waals surface area contributed by atoms with Crippen LogP contribution in [0.2, 0.25) is 0 Å². The average molecular weight is 507 g/mol. The molecule has 0 aliphatic carbocycles. The maximum absolute atomic E-state index is 13.4. The highest BCUT2D eigenvalue weighted by Gasteiger charge is 2.33. The highest BCUT2D eigenvalue weighted by molar-refractivity contribution is 8.26. The van der Waals surface area contributed by atoms with Gasteiger partial charge in [-0.25, -0.2) is 0 Å². The molecule has 1 amide bonds. The molecule has 1 aromatic carbocycles. The minimum absolute atomic E-state index is 0.124. The smallest absolute Gasteiger partial charge is 0.270 e. The molecule has 2 fully saturated rings. The third-order valence-corrected chi connectivity index (χ3v) is 8.24. The highest BCUT2D eigenvalue weighted by atomic mass is 32.2. The van der Waals surface area contributed by atoms with Crippen LogP contribution in [0.4, 0.5) is 5.82 Å². The van der Waals surface area contributed by atoms with E-state index in [-0.39, 0.29) is 17.0 Å². The van der Waals surface area contributed by atoms with Gasteiger partial charge in [-0.05, 0) is 56.2 Å². The summed E-state index contributed by atoms with van der Waals surface area (Å²) in [6, 6.07) is 12.1. The van der Waals surface area contributed by atoms with Gasteiger partial charge >= 0.3 is 0 Å². The van der Waals surface area contributed by atoms with Gasteiger partial charge in [0.1, 0.15) is 21.8 Å². The first-order valence-electron chi connectivity index (χ1n) is 12.1. The quantitative estimate of drug-likeness (QED) is 0.417. The second kappa shape index (κ2) is 10.8. The van der Waals surface area contributed by atoms with Gasteiger partial charge in [0, 0.05) is 31.7 Å². The van der Waals surface area contributed by atoms with Crippen LogP contribution in [0.15, 0.2) is 40.0 Å². The molecule has 2 aliphatic heterocycles. The molecule has 35 heavy (non-hydrogen) atoms. The molecule has 0 bridgehead atoms. The number of rotatable bonds is 6. The Morgan fingerprint density at radius 1 is 1.20 bits per heavy atom. The number of benzene rings is 1. The lowest BCUT2D eigenvalue weighted by molar-refractivity contribution is -0.122. The predicted molar refractivity (Wildman–Crippen MR) is 146 cm³/mol. The van der Waals surface area contributed by atoms with Gasteiger partial charge in [-0.15, -0.1) is 0 Å². The van der Waals surface area contributed by atoms with Crippen molar-refractivity contribution in [2.75, 3.05) is 24.5 Å². The maximum Gasteiger partial charge on any atom is 0.270 e. The van der Waals surface area contributed by atoms with Crippen molar-refractivity contribution in [3.8, 4) is 6.07 Å². The van der Waals surface area contributed by atoms with Crippen molar-refractivity contribution in [1.29, 1.82) is 5.26 Å². The second-order valence-electron chi connectivity index (χ2n) is 9.14. The molecule has 0 atom stereocenters. The monoisotopic (exact) mass is 506 g/mol. The van der Waals surface area contributed by atoms with E-state index in [1.54, 1.807) is 16.4 Å². The largest absolute Gasteiger partial charge is 0.357 e. The summed E-state index contributed by atoms with van der Waals surface area (Å²) < 4.78 is 2.22. The Labute approximate surface area is 216 Å². The minimum atomic E-state index is -0.270. The van der Waals surface area contributed by atoms with E-state index in [1.807, 2.05) is 43.3 Å². The summed E-state index contributed by atoms with van der Waals surface area (Å²) in [5.41, 5.74) is 2.39. The molecule has 3 heterocycles. The molecule has 182 valence electrons. The van der Waals surface area contributed by atoms with Crippen LogP contribution in [0.5, 0.6) is 0 Å². The van der Waals surface area contributed by atoms with Crippen LogP contribution in [0.1, 0.15) is 48.9 Å². The topological polar surface area (TPSA) is 69.3 Å². The second-order valence-corrected chi connectivity index (χ2v) is 10.8. The van der Waals surface area contributed by atoms with Crippen LogP contribution in [0, 0.1) is 24.2 Å². The van der Waals surface area contributed by atoms with E-state index >= 15 is 0 Å². The number of hydrogen-bond donors (Lipinski definition) is 0. The van der Waals surface area contributed by atoms with E-state index < -0.39 is 0 Å². The summed E-state index contributed by atoms with van der Waals surface area (Å²) in [6.07, 6.45) is 4.64. The van der Waals surface area contributed by atoms with Crippen LogP contribution in [-0.4, -0.2) is 39.3 Å². The first kappa shape index (κ1) is 25.2. The molecular weight excluding hydrogens is 476 g/mol. The number of hydrogen-bond acceptors (Lipinski definition) is 6. The lowest BCUT2D eigenvalue weighted by atomic mass is 9.97. The molecule has 0 unspecified atom stereocenters. The zero-order chi connectivity index (χ0) is 25.1. The number of thioether (sulfide) groups is 1. The van der Waals surface area contributed by atoms with Crippen molar-refractivity contribution in [3.05, 3.63) is 67.8 Å². The number of carbonyl (C=O) groups excluding carboxylic acids is 1. The molecule has 4 rings (SSSR count). The zero-order valence-electron chi connectivity index (χ0n) is 20.4. The molecule has 0 radical (unpaired) electrons. The summed E-state index contributed by atoms with van der Waals surface area (Å²) >= 11 is 6.84. The van der Waals surface area contributed by atoms with E-state index in [1.165, 1.54) is 11.8 Å².